The summed E-state index contributed by atoms with van der Waals surface area (Å²) in [6.07, 6.45) is 3.05. The molecule has 0 aliphatic carbocycles. The molecule has 1 aromatic heterocycles. The van der Waals surface area contributed by atoms with Crippen LogP contribution in [0, 0.1) is 0 Å². The van der Waals surface area contributed by atoms with Gasteiger partial charge >= 0.3 is 0 Å². The molecule has 2 N–H and O–H groups in total. The second-order valence-corrected chi connectivity index (χ2v) is 4.10. The highest BCUT2D eigenvalue weighted by Gasteiger charge is 2.05. The number of aromatic nitrogens is 2. The van der Waals surface area contributed by atoms with E-state index >= 15 is 0 Å². The van der Waals surface area contributed by atoms with E-state index in [1.807, 2.05) is 23.9 Å². The van der Waals surface area contributed by atoms with Crippen molar-refractivity contribution in [1.82, 2.24) is 20.4 Å². The summed E-state index contributed by atoms with van der Waals surface area (Å²) < 4.78 is 1.96. The molecule has 0 aromatic carbocycles. The zero-order chi connectivity index (χ0) is 12.7. The smallest absolute Gasteiger partial charge is 0.233 e. The minimum atomic E-state index is 0.0221. The fourth-order valence-corrected chi connectivity index (χ4v) is 1.47. The Morgan fingerprint density at radius 3 is 2.94 bits per heavy atom. The van der Waals surface area contributed by atoms with Gasteiger partial charge in [0.15, 0.2) is 0 Å². The quantitative estimate of drug-likeness (QED) is 0.747. The number of likely N-dealkylation sites (N-methyl/N-ethyl adjacent to an activating group) is 1. The van der Waals surface area contributed by atoms with E-state index < -0.39 is 0 Å². The lowest BCUT2D eigenvalue weighted by Crippen LogP contribution is -2.33. The van der Waals surface area contributed by atoms with Gasteiger partial charge in [-0.2, -0.15) is 5.10 Å². The van der Waals surface area contributed by atoms with Gasteiger partial charge in [0.2, 0.25) is 5.91 Å². The zero-order valence-electron chi connectivity index (χ0n) is 10.9. The van der Waals surface area contributed by atoms with Crippen molar-refractivity contribution >= 4 is 5.91 Å². The van der Waals surface area contributed by atoms with Gasteiger partial charge in [0, 0.05) is 25.3 Å². The fourth-order valence-electron chi connectivity index (χ4n) is 1.47. The molecule has 1 heterocycles. The summed E-state index contributed by atoms with van der Waals surface area (Å²) in [4.78, 5) is 11.2. The third-order valence-electron chi connectivity index (χ3n) is 2.67. The highest BCUT2D eigenvalue weighted by molar-refractivity contribution is 5.77. The summed E-state index contributed by atoms with van der Waals surface area (Å²) in [7, 11) is 0. The molecule has 5 heteroatoms. The Morgan fingerprint density at radius 2 is 2.29 bits per heavy atom. The van der Waals surface area contributed by atoms with E-state index in [4.69, 9.17) is 0 Å². The Morgan fingerprint density at radius 1 is 1.53 bits per heavy atom. The topological polar surface area (TPSA) is 59.0 Å². The molecule has 5 nitrogen and oxygen atoms in total. The van der Waals surface area contributed by atoms with Gasteiger partial charge in [-0.05, 0) is 26.3 Å². The highest BCUT2D eigenvalue weighted by Crippen LogP contribution is 2.08. The van der Waals surface area contributed by atoms with Crippen LogP contribution >= 0.6 is 0 Å². The number of carbonyl (C=O) groups is 1. The van der Waals surface area contributed by atoms with Crippen molar-refractivity contribution in [3.63, 3.8) is 0 Å². The summed E-state index contributed by atoms with van der Waals surface area (Å²) in [5, 5.41) is 10.3. The van der Waals surface area contributed by atoms with Gasteiger partial charge in [-0.25, -0.2) is 0 Å². The van der Waals surface area contributed by atoms with Crippen LogP contribution in [-0.4, -0.2) is 28.8 Å². The SMILES string of the molecule is CCNC(=O)CNCc1ccn(C(C)CC)n1. The minimum Gasteiger partial charge on any atom is -0.355 e. The Labute approximate surface area is 103 Å². The normalized spacial score (nSPS) is 12.4. The minimum absolute atomic E-state index is 0.0221. The summed E-state index contributed by atoms with van der Waals surface area (Å²) in [6, 6.07) is 2.41. The molecule has 0 aliphatic heterocycles. The molecule has 1 amide bonds. The maximum absolute atomic E-state index is 11.2. The lowest BCUT2D eigenvalue weighted by atomic mass is 10.3. The molecule has 0 bridgehead atoms. The number of hydrogen-bond donors (Lipinski definition) is 2. The van der Waals surface area contributed by atoms with E-state index in [0.29, 0.717) is 25.7 Å². The zero-order valence-corrected chi connectivity index (χ0v) is 10.9. The van der Waals surface area contributed by atoms with Crippen LogP contribution < -0.4 is 10.6 Å². The summed E-state index contributed by atoms with van der Waals surface area (Å²) >= 11 is 0. The van der Waals surface area contributed by atoms with Crippen LogP contribution in [0.3, 0.4) is 0 Å². The van der Waals surface area contributed by atoms with Crippen molar-refractivity contribution in [3.8, 4) is 0 Å². The molecule has 0 spiro atoms. The number of nitrogens with zero attached hydrogens (tertiary/aromatic N) is 2. The average Bonchev–Trinajstić information content (AvgIpc) is 2.77. The first kappa shape index (κ1) is 13.7. The molecule has 0 radical (unpaired) electrons. The number of rotatable bonds is 7. The van der Waals surface area contributed by atoms with Crippen LogP contribution in [0.15, 0.2) is 12.3 Å². The first-order chi connectivity index (χ1) is 8.17. The first-order valence-corrected chi connectivity index (χ1v) is 6.18. The van der Waals surface area contributed by atoms with Crippen molar-refractivity contribution in [2.24, 2.45) is 0 Å². The molecule has 0 fully saturated rings. The lowest BCUT2D eigenvalue weighted by Gasteiger charge is -2.08. The van der Waals surface area contributed by atoms with Crippen LogP contribution in [0.4, 0.5) is 0 Å². The number of carbonyl (C=O) groups excluding carboxylic acids is 1. The van der Waals surface area contributed by atoms with Crippen LogP contribution in [0.2, 0.25) is 0 Å². The molecule has 1 aromatic rings. The maximum Gasteiger partial charge on any atom is 0.233 e. The summed E-state index contributed by atoms with van der Waals surface area (Å²) in [6.45, 7) is 7.82. The van der Waals surface area contributed by atoms with Gasteiger partial charge in [0.1, 0.15) is 0 Å². The van der Waals surface area contributed by atoms with Crippen LogP contribution in [-0.2, 0) is 11.3 Å². The molecule has 0 saturated heterocycles. The first-order valence-electron chi connectivity index (χ1n) is 6.18. The van der Waals surface area contributed by atoms with Gasteiger partial charge < -0.3 is 10.6 Å². The molecule has 0 aliphatic rings. The van der Waals surface area contributed by atoms with Crippen LogP contribution in [0.25, 0.3) is 0 Å². The van der Waals surface area contributed by atoms with Crippen molar-refractivity contribution in [2.45, 2.75) is 39.8 Å². The number of hydrogen-bond acceptors (Lipinski definition) is 3. The van der Waals surface area contributed by atoms with E-state index in [9.17, 15) is 4.79 Å². The highest BCUT2D eigenvalue weighted by atomic mass is 16.1. The molecule has 96 valence electrons. The van der Waals surface area contributed by atoms with Crippen molar-refractivity contribution in [2.75, 3.05) is 13.1 Å². The van der Waals surface area contributed by atoms with Gasteiger partial charge in [0.25, 0.3) is 0 Å². The molecule has 1 unspecified atom stereocenters. The number of amides is 1. The van der Waals surface area contributed by atoms with Crippen molar-refractivity contribution in [3.05, 3.63) is 18.0 Å². The Kier molecular flexibility index (Phi) is 5.69. The number of nitrogens with one attached hydrogen (secondary N) is 2. The molecule has 0 saturated carbocycles. The molecular weight excluding hydrogens is 216 g/mol. The molecule has 1 atom stereocenters. The van der Waals surface area contributed by atoms with Crippen LogP contribution in [0.1, 0.15) is 38.9 Å². The lowest BCUT2D eigenvalue weighted by molar-refractivity contribution is -0.120. The molecule has 1 rings (SSSR count). The predicted molar refractivity (Wildman–Crippen MR) is 67.6 cm³/mol. The van der Waals surface area contributed by atoms with E-state index in [1.165, 1.54) is 0 Å². The predicted octanol–water partition coefficient (Wildman–Crippen LogP) is 1.08. The van der Waals surface area contributed by atoms with Crippen molar-refractivity contribution < 1.29 is 4.79 Å². The molecular formula is C12H22N4O. The largest absolute Gasteiger partial charge is 0.355 e. The van der Waals surface area contributed by atoms with E-state index in [1.54, 1.807) is 0 Å². The maximum atomic E-state index is 11.2. The Balaban J connectivity index is 2.32. The standard InChI is InChI=1S/C12H22N4O/c1-4-10(3)16-7-6-11(15-16)8-13-9-12(17)14-5-2/h6-7,10,13H,4-5,8-9H2,1-3H3,(H,14,17). The van der Waals surface area contributed by atoms with Gasteiger partial charge in [-0.15, -0.1) is 0 Å². The monoisotopic (exact) mass is 238 g/mol. The molecule has 17 heavy (non-hydrogen) atoms. The third kappa shape index (κ3) is 4.56. The fraction of sp³-hybridized carbons (Fsp3) is 0.667. The van der Waals surface area contributed by atoms with Gasteiger partial charge in [0.05, 0.1) is 12.2 Å². The summed E-state index contributed by atoms with van der Waals surface area (Å²) in [5.41, 5.74) is 0.967. The third-order valence-corrected chi connectivity index (χ3v) is 2.67. The second kappa shape index (κ2) is 7.06. The van der Waals surface area contributed by atoms with Crippen molar-refractivity contribution in [1.29, 1.82) is 0 Å². The van der Waals surface area contributed by atoms with Gasteiger partial charge in [-0.1, -0.05) is 6.92 Å². The van der Waals surface area contributed by atoms with E-state index in [0.717, 1.165) is 12.1 Å². The van der Waals surface area contributed by atoms with Gasteiger partial charge in [-0.3, -0.25) is 9.48 Å². The summed E-state index contributed by atoms with van der Waals surface area (Å²) in [5.74, 6) is 0.0221. The Hall–Kier alpha value is -1.36. The van der Waals surface area contributed by atoms with E-state index in [2.05, 4.69) is 29.6 Å². The van der Waals surface area contributed by atoms with Crippen LogP contribution in [0.5, 0.6) is 0 Å². The average molecular weight is 238 g/mol. The Bertz CT molecular complexity index is 348. The second-order valence-electron chi connectivity index (χ2n) is 4.10. The van der Waals surface area contributed by atoms with E-state index in [-0.39, 0.29) is 5.91 Å².